The standard InChI is InChI=1S/C17H26N2/c1-14-4-5-16(18)15(12-14)13-19-10-8-17(9-11-19)6-2-3-7-17/h4-5,12H,2-3,6-11,13,18H2,1H3. The number of nitrogens with two attached hydrogens (primary N) is 1. The van der Waals surface area contributed by atoms with Crippen molar-refractivity contribution >= 4 is 5.69 Å². The largest absolute Gasteiger partial charge is 0.398 e. The van der Waals surface area contributed by atoms with Crippen LogP contribution in [0.3, 0.4) is 0 Å². The molecule has 2 nitrogen and oxygen atoms in total. The predicted molar refractivity (Wildman–Crippen MR) is 81.0 cm³/mol. The van der Waals surface area contributed by atoms with Crippen molar-refractivity contribution in [3.8, 4) is 0 Å². The summed E-state index contributed by atoms with van der Waals surface area (Å²) in [5.74, 6) is 0. The van der Waals surface area contributed by atoms with Crippen molar-refractivity contribution in [2.75, 3.05) is 18.8 Å². The predicted octanol–water partition coefficient (Wildman–Crippen LogP) is 3.73. The maximum absolute atomic E-state index is 6.10. The summed E-state index contributed by atoms with van der Waals surface area (Å²) < 4.78 is 0. The SMILES string of the molecule is Cc1ccc(N)c(CN2CCC3(CCCC3)CC2)c1. The molecule has 1 aliphatic heterocycles. The topological polar surface area (TPSA) is 29.3 Å². The molecule has 3 rings (SSSR count). The molecule has 2 aliphatic rings. The lowest BCUT2D eigenvalue weighted by molar-refractivity contribution is 0.104. The summed E-state index contributed by atoms with van der Waals surface area (Å²) in [6, 6.07) is 6.39. The van der Waals surface area contributed by atoms with Gasteiger partial charge in [0.2, 0.25) is 0 Å². The van der Waals surface area contributed by atoms with Gasteiger partial charge in [-0.25, -0.2) is 0 Å². The third-order valence-electron chi connectivity index (χ3n) is 5.27. The van der Waals surface area contributed by atoms with Gasteiger partial charge in [0.25, 0.3) is 0 Å². The first-order valence-corrected chi connectivity index (χ1v) is 7.74. The van der Waals surface area contributed by atoms with Gasteiger partial charge in [0, 0.05) is 12.2 Å². The molecule has 2 heteroatoms. The number of hydrogen-bond acceptors (Lipinski definition) is 2. The number of hydrogen-bond donors (Lipinski definition) is 1. The summed E-state index contributed by atoms with van der Waals surface area (Å²) >= 11 is 0. The van der Waals surface area contributed by atoms with Gasteiger partial charge in [-0.2, -0.15) is 0 Å². The Kier molecular flexibility index (Phi) is 3.53. The van der Waals surface area contributed by atoms with Gasteiger partial charge in [-0.05, 0) is 62.7 Å². The van der Waals surface area contributed by atoms with E-state index in [1.165, 1.54) is 62.7 Å². The molecule has 19 heavy (non-hydrogen) atoms. The highest BCUT2D eigenvalue weighted by Gasteiger charge is 2.36. The molecular formula is C17H26N2. The van der Waals surface area contributed by atoms with Gasteiger partial charge in [0.1, 0.15) is 0 Å². The van der Waals surface area contributed by atoms with Crippen LogP contribution in [0.4, 0.5) is 5.69 Å². The smallest absolute Gasteiger partial charge is 0.0359 e. The van der Waals surface area contributed by atoms with Crippen LogP contribution in [-0.2, 0) is 6.54 Å². The fourth-order valence-corrected chi connectivity index (χ4v) is 3.92. The first-order chi connectivity index (χ1) is 9.17. The van der Waals surface area contributed by atoms with Crippen molar-refractivity contribution in [3.63, 3.8) is 0 Å². The molecule has 0 atom stereocenters. The van der Waals surface area contributed by atoms with Crippen molar-refractivity contribution in [3.05, 3.63) is 29.3 Å². The molecule has 1 aliphatic carbocycles. The minimum atomic E-state index is 0.717. The maximum Gasteiger partial charge on any atom is 0.0359 e. The molecular weight excluding hydrogens is 232 g/mol. The fraction of sp³-hybridized carbons (Fsp3) is 0.647. The third-order valence-corrected chi connectivity index (χ3v) is 5.27. The highest BCUT2D eigenvalue weighted by Crippen LogP contribution is 2.46. The first-order valence-electron chi connectivity index (χ1n) is 7.74. The molecule has 0 aromatic heterocycles. The normalized spacial score (nSPS) is 23.0. The maximum atomic E-state index is 6.10. The molecule has 104 valence electrons. The minimum absolute atomic E-state index is 0.717. The van der Waals surface area contributed by atoms with E-state index in [9.17, 15) is 0 Å². The van der Waals surface area contributed by atoms with Crippen molar-refractivity contribution in [2.24, 2.45) is 5.41 Å². The van der Waals surface area contributed by atoms with Crippen LogP contribution >= 0.6 is 0 Å². The lowest BCUT2D eigenvalue weighted by atomic mass is 9.77. The third kappa shape index (κ3) is 2.79. The first kappa shape index (κ1) is 13.0. The number of benzene rings is 1. The van der Waals surface area contributed by atoms with Crippen molar-refractivity contribution in [1.82, 2.24) is 4.90 Å². The summed E-state index contributed by atoms with van der Waals surface area (Å²) in [7, 11) is 0. The number of piperidine rings is 1. The van der Waals surface area contributed by atoms with Gasteiger partial charge in [-0.1, -0.05) is 30.5 Å². The van der Waals surface area contributed by atoms with E-state index in [1.807, 2.05) is 6.07 Å². The number of nitrogen functional groups attached to an aromatic ring is 1. The Labute approximate surface area is 117 Å². The van der Waals surface area contributed by atoms with Crippen molar-refractivity contribution in [1.29, 1.82) is 0 Å². The summed E-state index contributed by atoms with van der Waals surface area (Å²) in [5.41, 5.74) is 10.4. The van der Waals surface area contributed by atoms with Gasteiger partial charge in [-0.15, -0.1) is 0 Å². The van der Waals surface area contributed by atoms with Crippen LogP contribution in [0.5, 0.6) is 0 Å². The van der Waals surface area contributed by atoms with E-state index in [0.29, 0.717) is 5.41 Å². The quantitative estimate of drug-likeness (QED) is 0.819. The summed E-state index contributed by atoms with van der Waals surface area (Å²) in [6.45, 7) is 5.69. The lowest BCUT2D eigenvalue weighted by Crippen LogP contribution is -2.38. The van der Waals surface area contributed by atoms with E-state index in [2.05, 4.69) is 24.0 Å². The van der Waals surface area contributed by atoms with Gasteiger partial charge in [-0.3, -0.25) is 4.90 Å². The van der Waals surface area contributed by atoms with Crippen molar-refractivity contribution in [2.45, 2.75) is 52.0 Å². The van der Waals surface area contributed by atoms with E-state index in [4.69, 9.17) is 5.73 Å². The Balaban J connectivity index is 1.61. The highest BCUT2D eigenvalue weighted by atomic mass is 15.1. The fourth-order valence-electron chi connectivity index (χ4n) is 3.92. The zero-order valence-electron chi connectivity index (χ0n) is 12.1. The Bertz CT molecular complexity index is 437. The second-order valence-corrected chi connectivity index (χ2v) is 6.69. The molecule has 0 bridgehead atoms. The Hall–Kier alpha value is -1.02. The van der Waals surface area contributed by atoms with E-state index in [-0.39, 0.29) is 0 Å². The highest BCUT2D eigenvalue weighted by molar-refractivity contribution is 5.48. The Morgan fingerprint density at radius 2 is 1.79 bits per heavy atom. The lowest BCUT2D eigenvalue weighted by Gasteiger charge is -2.39. The van der Waals surface area contributed by atoms with Gasteiger partial charge >= 0.3 is 0 Å². The van der Waals surface area contributed by atoms with Crippen LogP contribution < -0.4 is 5.73 Å². The van der Waals surface area contributed by atoms with E-state index in [1.54, 1.807) is 0 Å². The number of aryl methyl sites for hydroxylation is 1. The molecule has 1 spiro atoms. The second kappa shape index (κ2) is 5.16. The number of anilines is 1. The zero-order chi connectivity index (χ0) is 13.3. The van der Waals surface area contributed by atoms with Crippen LogP contribution in [0.1, 0.15) is 49.7 Å². The molecule has 1 aromatic carbocycles. The van der Waals surface area contributed by atoms with Gasteiger partial charge in [0.05, 0.1) is 0 Å². The molecule has 1 saturated carbocycles. The molecule has 1 aromatic rings. The molecule has 2 fully saturated rings. The molecule has 0 unspecified atom stereocenters. The number of nitrogens with zero attached hydrogens (tertiary/aromatic N) is 1. The molecule has 0 radical (unpaired) electrons. The average molecular weight is 258 g/mol. The molecule has 1 saturated heterocycles. The number of likely N-dealkylation sites (tertiary alicyclic amines) is 1. The van der Waals surface area contributed by atoms with Crippen LogP contribution in [-0.4, -0.2) is 18.0 Å². The molecule has 0 amide bonds. The van der Waals surface area contributed by atoms with Crippen LogP contribution in [0.25, 0.3) is 0 Å². The Morgan fingerprint density at radius 3 is 2.47 bits per heavy atom. The molecule has 2 N–H and O–H groups in total. The van der Waals surface area contributed by atoms with Gasteiger partial charge < -0.3 is 5.73 Å². The summed E-state index contributed by atoms with van der Waals surface area (Å²) in [4.78, 5) is 2.59. The average Bonchev–Trinajstić information content (AvgIpc) is 2.85. The van der Waals surface area contributed by atoms with Gasteiger partial charge in [0.15, 0.2) is 0 Å². The van der Waals surface area contributed by atoms with E-state index < -0.39 is 0 Å². The van der Waals surface area contributed by atoms with Crippen LogP contribution in [0.15, 0.2) is 18.2 Å². The van der Waals surface area contributed by atoms with Crippen LogP contribution in [0.2, 0.25) is 0 Å². The van der Waals surface area contributed by atoms with E-state index in [0.717, 1.165) is 12.2 Å². The summed E-state index contributed by atoms with van der Waals surface area (Å²) in [5, 5.41) is 0. The monoisotopic (exact) mass is 258 g/mol. The molecule has 1 heterocycles. The minimum Gasteiger partial charge on any atom is -0.398 e. The van der Waals surface area contributed by atoms with Crippen molar-refractivity contribution < 1.29 is 0 Å². The number of rotatable bonds is 2. The zero-order valence-corrected chi connectivity index (χ0v) is 12.1. The summed E-state index contributed by atoms with van der Waals surface area (Å²) in [6.07, 6.45) is 8.69. The van der Waals surface area contributed by atoms with Crippen LogP contribution in [0, 0.1) is 12.3 Å². The Morgan fingerprint density at radius 1 is 1.11 bits per heavy atom. The van der Waals surface area contributed by atoms with E-state index >= 15 is 0 Å². The second-order valence-electron chi connectivity index (χ2n) is 6.69.